The first-order chi connectivity index (χ1) is 9.15. The van der Waals surface area contributed by atoms with E-state index in [1.54, 1.807) is 12.1 Å². The number of fused-ring (bicyclic) bond motifs is 1. The maximum atomic E-state index is 12.9. The van der Waals surface area contributed by atoms with Crippen LogP contribution in [0.4, 0.5) is 4.39 Å². The summed E-state index contributed by atoms with van der Waals surface area (Å²) in [4.78, 5) is 14.5. The third-order valence-corrected chi connectivity index (χ3v) is 4.34. The van der Waals surface area contributed by atoms with Gasteiger partial charge in [-0.2, -0.15) is 0 Å². The molecule has 3 rings (SSSR count). The molecule has 19 heavy (non-hydrogen) atoms. The first kappa shape index (κ1) is 12.6. The number of carbonyl (C=O) groups is 1. The highest BCUT2D eigenvalue weighted by atomic mass is 19.1. The molecule has 2 saturated heterocycles. The van der Waals surface area contributed by atoms with E-state index in [2.05, 4.69) is 12.2 Å². The second-order valence-corrected chi connectivity index (χ2v) is 5.67. The quantitative estimate of drug-likeness (QED) is 0.877. The Hall–Kier alpha value is -1.42. The monoisotopic (exact) mass is 262 g/mol. The highest BCUT2D eigenvalue weighted by Gasteiger charge is 2.43. The van der Waals surface area contributed by atoms with Gasteiger partial charge in [0.25, 0.3) is 0 Å². The van der Waals surface area contributed by atoms with Crippen LogP contribution >= 0.6 is 0 Å². The minimum Gasteiger partial charge on any atom is -0.335 e. The van der Waals surface area contributed by atoms with Gasteiger partial charge in [0.1, 0.15) is 5.82 Å². The lowest BCUT2D eigenvalue weighted by molar-refractivity contribution is -0.133. The number of rotatable bonds is 2. The van der Waals surface area contributed by atoms with Crippen LogP contribution in [0.25, 0.3) is 0 Å². The Labute approximate surface area is 112 Å². The lowest BCUT2D eigenvalue weighted by Gasteiger charge is -2.27. The first-order valence-electron chi connectivity index (χ1n) is 6.91. The van der Waals surface area contributed by atoms with Gasteiger partial charge in [0.15, 0.2) is 0 Å². The molecule has 0 saturated carbocycles. The Kier molecular flexibility index (Phi) is 3.27. The largest absolute Gasteiger partial charge is 0.335 e. The van der Waals surface area contributed by atoms with Crippen LogP contribution in [0.15, 0.2) is 24.3 Å². The Morgan fingerprint density at radius 1 is 1.37 bits per heavy atom. The zero-order chi connectivity index (χ0) is 13.4. The summed E-state index contributed by atoms with van der Waals surface area (Å²) in [6, 6.07) is 6.88. The van der Waals surface area contributed by atoms with Crippen LogP contribution in [0, 0.1) is 11.7 Å². The lowest BCUT2D eigenvalue weighted by Crippen LogP contribution is -2.43. The molecule has 2 aliphatic heterocycles. The number of nitrogens with zero attached hydrogens (tertiary/aromatic N) is 1. The van der Waals surface area contributed by atoms with E-state index >= 15 is 0 Å². The molecule has 0 aromatic heterocycles. The third kappa shape index (κ3) is 2.37. The number of hydrogen-bond donors (Lipinski definition) is 1. The average Bonchev–Trinajstić information content (AvgIpc) is 2.91. The predicted molar refractivity (Wildman–Crippen MR) is 71.2 cm³/mol. The smallest absolute Gasteiger partial charge is 0.227 e. The SMILES string of the molecule is CC1CC2CNCC2N1C(=O)Cc1ccc(F)cc1. The van der Waals surface area contributed by atoms with E-state index < -0.39 is 0 Å². The fourth-order valence-corrected chi connectivity index (χ4v) is 3.46. The molecular formula is C15H19FN2O. The van der Waals surface area contributed by atoms with Crippen LogP contribution < -0.4 is 5.32 Å². The second kappa shape index (κ2) is 4.93. The van der Waals surface area contributed by atoms with Gasteiger partial charge in [-0.3, -0.25) is 4.79 Å². The topological polar surface area (TPSA) is 32.3 Å². The second-order valence-electron chi connectivity index (χ2n) is 5.67. The summed E-state index contributed by atoms with van der Waals surface area (Å²) in [5.74, 6) is 0.508. The summed E-state index contributed by atoms with van der Waals surface area (Å²) in [7, 11) is 0. The molecule has 2 fully saturated rings. The Morgan fingerprint density at radius 3 is 2.84 bits per heavy atom. The normalized spacial score (nSPS) is 29.6. The van der Waals surface area contributed by atoms with Crippen molar-refractivity contribution in [3.63, 3.8) is 0 Å². The molecule has 2 aliphatic rings. The highest BCUT2D eigenvalue weighted by Crippen LogP contribution is 2.32. The molecule has 3 nitrogen and oxygen atoms in total. The van der Waals surface area contributed by atoms with Crippen LogP contribution in [0.5, 0.6) is 0 Å². The lowest BCUT2D eigenvalue weighted by atomic mass is 10.0. The van der Waals surface area contributed by atoms with E-state index in [1.165, 1.54) is 12.1 Å². The first-order valence-corrected chi connectivity index (χ1v) is 6.91. The van der Waals surface area contributed by atoms with Gasteiger partial charge in [-0.25, -0.2) is 4.39 Å². The molecule has 3 atom stereocenters. The van der Waals surface area contributed by atoms with Crippen LogP contribution in [0.3, 0.4) is 0 Å². The van der Waals surface area contributed by atoms with Crippen LogP contribution in [-0.4, -0.2) is 36.0 Å². The molecule has 0 spiro atoms. The molecule has 1 aromatic carbocycles. The van der Waals surface area contributed by atoms with E-state index in [-0.39, 0.29) is 11.7 Å². The fraction of sp³-hybridized carbons (Fsp3) is 0.533. The van der Waals surface area contributed by atoms with Crippen molar-refractivity contribution < 1.29 is 9.18 Å². The van der Waals surface area contributed by atoms with Gasteiger partial charge in [-0.1, -0.05) is 12.1 Å². The summed E-state index contributed by atoms with van der Waals surface area (Å²) in [6.07, 6.45) is 1.46. The molecular weight excluding hydrogens is 243 g/mol. The number of halogens is 1. The molecule has 0 aliphatic carbocycles. The third-order valence-electron chi connectivity index (χ3n) is 4.34. The molecule has 4 heteroatoms. The number of amides is 1. The molecule has 0 bridgehead atoms. The maximum absolute atomic E-state index is 12.9. The van der Waals surface area contributed by atoms with Gasteiger partial charge >= 0.3 is 0 Å². The van der Waals surface area contributed by atoms with Crippen LogP contribution in [0.1, 0.15) is 18.9 Å². The average molecular weight is 262 g/mol. The van der Waals surface area contributed by atoms with Crippen molar-refractivity contribution >= 4 is 5.91 Å². The molecule has 1 amide bonds. The summed E-state index contributed by atoms with van der Waals surface area (Å²) in [6.45, 7) is 4.06. The van der Waals surface area contributed by atoms with E-state index in [1.807, 2.05) is 4.90 Å². The van der Waals surface area contributed by atoms with Crippen molar-refractivity contribution in [2.24, 2.45) is 5.92 Å². The summed E-state index contributed by atoms with van der Waals surface area (Å²) in [5.41, 5.74) is 0.882. The van der Waals surface area contributed by atoms with Crippen LogP contribution in [0.2, 0.25) is 0 Å². The molecule has 102 valence electrons. The van der Waals surface area contributed by atoms with E-state index in [0.29, 0.717) is 24.4 Å². The van der Waals surface area contributed by atoms with E-state index in [4.69, 9.17) is 0 Å². The Morgan fingerprint density at radius 2 is 2.11 bits per heavy atom. The number of benzene rings is 1. The van der Waals surface area contributed by atoms with Crippen molar-refractivity contribution in [1.29, 1.82) is 0 Å². The minimum absolute atomic E-state index is 0.162. The van der Waals surface area contributed by atoms with E-state index in [9.17, 15) is 9.18 Å². The van der Waals surface area contributed by atoms with Gasteiger partial charge in [-0.15, -0.1) is 0 Å². The van der Waals surface area contributed by atoms with Crippen molar-refractivity contribution in [3.8, 4) is 0 Å². The van der Waals surface area contributed by atoms with Crippen LogP contribution in [-0.2, 0) is 11.2 Å². The number of hydrogen-bond acceptors (Lipinski definition) is 2. The summed E-state index contributed by atoms with van der Waals surface area (Å²) < 4.78 is 12.9. The van der Waals surface area contributed by atoms with Crippen molar-refractivity contribution in [2.45, 2.75) is 31.8 Å². The molecule has 1 N–H and O–H groups in total. The van der Waals surface area contributed by atoms with Gasteiger partial charge in [-0.05, 0) is 37.0 Å². The summed E-state index contributed by atoms with van der Waals surface area (Å²) in [5, 5.41) is 3.36. The Balaban J connectivity index is 1.71. The maximum Gasteiger partial charge on any atom is 0.227 e. The fourth-order valence-electron chi connectivity index (χ4n) is 3.46. The van der Waals surface area contributed by atoms with Crippen molar-refractivity contribution in [3.05, 3.63) is 35.6 Å². The van der Waals surface area contributed by atoms with Gasteiger partial charge < -0.3 is 10.2 Å². The van der Waals surface area contributed by atoms with Crippen molar-refractivity contribution in [2.75, 3.05) is 13.1 Å². The van der Waals surface area contributed by atoms with Crippen molar-refractivity contribution in [1.82, 2.24) is 10.2 Å². The molecule has 3 unspecified atom stereocenters. The highest BCUT2D eigenvalue weighted by molar-refractivity contribution is 5.80. The van der Waals surface area contributed by atoms with Gasteiger partial charge in [0.05, 0.1) is 6.42 Å². The Bertz CT molecular complexity index is 474. The molecule has 1 aromatic rings. The van der Waals surface area contributed by atoms with E-state index in [0.717, 1.165) is 25.1 Å². The van der Waals surface area contributed by atoms with Gasteiger partial charge in [0, 0.05) is 25.2 Å². The molecule has 0 radical (unpaired) electrons. The standard InChI is InChI=1S/C15H19FN2O/c1-10-6-12-8-17-9-14(12)18(10)15(19)7-11-2-4-13(16)5-3-11/h2-5,10,12,14,17H,6-9H2,1H3. The number of nitrogens with one attached hydrogen (secondary N) is 1. The molecule has 2 heterocycles. The predicted octanol–water partition coefficient (Wildman–Crippen LogP) is 1.58. The zero-order valence-electron chi connectivity index (χ0n) is 11.1. The number of likely N-dealkylation sites (tertiary alicyclic amines) is 1. The van der Waals surface area contributed by atoms with Gasteiger partial charge in [0.2, 0.25) is 5.91 Å². The zero-order valence-corrected chi connectivity index (χ0v) is 11.1. The summed E-state index contributed by atoms with van der Waals surface area (Å²) >= 11 is 0. The number of carbonyl (C=O) groups excluding carboxylic acids is 1. The minimum atomic E-state index is -0.259.